The standard InChI is InChI=1S/C14H15N3O4/c1-17-12(13(18)19)7-11(16-17)8-15-14(20)21-9-10-5-3-2-4-6-10/h2-7H,8-9H2,1H3,(H,15,20)(H,18,19). The number of hydrogen-bond acceptors (Lipinski definition) is 4. The molecule has 7 nitrogen and oxygen atoms in total. The summed E-state index contributed by atoms with van der Waals surface area (Å²) in [6.07, 6.45) is -0.582. The number of amides is 1. The summed E-state index contributed by atoms with van der Waals surface area (Å²) in [6.45, 7) is 0.282. The number of hydrogen-bond donors (Lipinski definition) is 2. The molecule has 0 saturated carbocycles. The van der Waals surface area contributed by atoms with Crippen molar-refractivity contribution in [2.45, 2.75) is 13.2 Å². The van der Waals surface area contributed by atoms with Crippen molar-refractivity contribution in [2.24, 2.45) is 7.05 Å². The number of aromatic nitrogens is 2. The molecule has 2 rings (SSSR count). The Kier molecular flexibility index (Phi) is 4.55. The Hall–Kier alpha value is -2.83. The topological polar surface area (TPSA) is 93.5 Å². The molecule has 1 amide bonds. The maximum atomic E-state index is 11.5. The van der Waals surface area contributed by atoms with Crippen LogP contribution >= 0.6 is 0 Å². The van der Waals surface area contributed by atoms with E-state index in [-0.39, 0.29) is 18.8 Å². The number of carboxylic acid groups (broad SMARTS) is 1. The molecular weight excluding hydrogens is 274 g/mol. The van der Waals surface area contributed by atoms with Gasteiger partial charge in [-0.3, -0.25) is 4.68 Å². The highest BCUT2D eigenvalue weighted by atomic mass is 16.5. The monoisotopic (exact) mass is 289 g/mol. The van der Waals surface area contributed by atoms with Crippen LogP contribution < -0.4 is 5.32 Å². The SMILES string of the molecule is Cn1nc(CNC(=O)OCc2ccccc2)cc1C(=O)O. The Morgan fingerprint density at radius 3 is 2.67 bits per heavy atom. The normalized spacial score (nSPS) is 10.1. The molecule has 1 heterocycles. The lowest BCUT2D eigenvalue weighted by molar-refractivity contribution is 0.0685. The predicted molar refractivity (Wildman–Crippen MR) is 73.6 cm³/mol. The molecule has 0 aliphatic carbocycles. The van der Waals surface area contributed by atoms with Crippen LogP contribution in [0.1, 0.15) is 21.7 Å². The summed E-state index contributed by atoms with van der Waals surface area (Å²) >= 11 is 0. The average Bonchev–Trinajstić information content (AvgIpc) is 2.85. The number of nitrogens with zero attached hydrogens (tertiary/aromatic N) is 2. The molecule has 0 atom stereocenters. The molecule has 2 N–H and O–H groups in total. The van der Waals surface area contributed by atoms with E-state index in [0.717, 1.165) is 5.56 Å². The summed E-state index contributed by atoms with van der Waals surface area (Å²) in [5.41, 5.74) is 1.40. The minimum absolute atomic E-state index is 0.0597. The van der Waals surface area contributed by atoms with Crippen molar-refractivity contribution in [3.8, 4) is 0 Å². The Balaban J connectivity index is 1.81. The summed E-state index contributed by atoms with van der Waals surface area (Å²) in [4.78, 5) is 22.4. The molecule has 0 aliphatic heterocycles. The number of carboxylic acids is 1. The van der Waals surface area contributed by atoms with E-state index >= 15 is 0 Å². The highest BCUT2D eigenvalue weighted by molar-refractivity contribution is 5.85. The van der Waals surface area contributed by atoms with Crippen molar-refractivity contribution in [3.63, 3.8) is 0 Å². The number of alkyl carbamates (subject to hydrolysis) is 1. The van der Waals surface area contributed by atoms with Crippen molar-refractivity contribution in [3.05, 3.63) is 53.3 Å². The Morgan fingerprint density at radius 1 is 1.33 bits per heavy atom. The Bertz CT molecular complexity index is 637. The van der Waals surface area contributed by atoms with Gasteiger partial charge in [-0.1, -0.05) is 30.3 Å². The number of aromatic carboxylic acids is 1. The molecule has 2 aromatic rings. The molecule has 0 radical (unpaired) electrons. The average molecular weight is 289 g/mol. The number of aryl methyl sites for hydroxylation is 1. The number of carbonyl (C=O) groups is 2. The van der Waals surface area contributed by atoms with Crippen molar-refractivity contribution >= 4 is 12.1 Å². The van der Waals surface area contributed by atoms with Gasteiger partial charge >= 0.3 is 12.1 Å². The van der Waals surface area contributed by atoms with E-state index in [4.69, 9.17) is 9.84 Å². The van der Waals surface area contributed by atoms with Crippen LogP contribution in [0.3, 0.4) is 0 Å². The summed E-state index contributed by atoms with van der Waals surface area (Å²) < 4.78 is 6.28. The first kappa shape index (κ1) is 14.6. The molecule has 0 fully saturated rings. The number of nitrogens with one attached hydrogen (secondary N) is 1. The minimum atomic E-state index is -1.07. The van der Waals surface area contributed by atoms with Crippen molar-refractivity contribution in [2.75, 3.05) is 0 Å². The number of benzene rings is 1. The van der Waals surface area contributed by atoms with Crippen LogP contribution in [0, 0.1) is 0 Å². The molecule has 0 saturated heterocycles. The lowest BCUT2D eigenvalue weighted by Crippen LogP contribution is -2.23. The first-order valence-corrected chi connectivity index (χ1v) is 6.27. The highest BCUT2D eigenvalue weighted by Crippen LogP contribution is 2.04. The summed E-state index contributed by atoms with van der Waals surface area (Å²) in [6, 6.07) is 10.7. The third-order valence-electron chi connectivity index (χ3n) is 2.78. The molecule has 0 aliphatic rings. The van der Waals surface area contributed by atoms with E-state index in [2.05, 4.69) is 10.4 Å². The van der Waals surface area contributed by atoms with Crippen LogP contribution in [0.5, 0.6) is 0 Å². The van der Waals surface area contributed by atoms with E-state index in [9.17, 15) is 9.59 Å². The van der Waals surface area contributed by atoms with Crippen LogP contribution in [-0.4, -0.2) is 26.9 Å². The zero-order valence-electron chi connectivity index (χ0n) is 11.4. The smallest absolute Gasteiger partial charge is 0.407 e. The van der Waals surface area contributed by atoms with Crippen LogP contribution in [0.25, 0.3) is 0 Å². The predicted octanol–water partition coefficient (Wildman–Crippen LogP) is 1.54. The van der Waals surface area contributed by atoms with Gasteiger partial charge in [-0.15, -0.1) is 0 Å². The van der Waals surface area contributed by atoms with E-state index in [1.165, 1.54) is 17.8 Å². The van der Waals surface area contributed by atoms with Gasteiger partial charge in [0.2, 0.25) is 0 Å². The van der Waals surface area contributed by atoms with Crippen LogP contribution in [0.15, 0.2) is 36.4 Å². The number of ether oxygens (including phenoxy) is 1. The lowest BCUT2D eigenvalue weighted by atomic mass is 10.2. The van der Waals surface area contributed by atoms with E-state index < -0.39 is 12.1 Å². The Labute approximate surface area is 121 Å². The molecule has 1 aromatic heterocycles. The van der Waals surface area contributed by atoms with E-state index in [1.54, 1.807) is 0 Å². The lowest BCUT2D eigenvalue weighted by Gasteiger charge is -2.05. The third kappa shape index (κ3) is 4.07. The number of rotatable bonds is 5. The van der Waals surface area contributed by atoms with Gasteiger partial charge in [0, 0.05) is 7.05 Å². The molecule has 0 unspecified atom stereocenters. The van der Waals surface area contributed by atoms with E-state index in [0.29, 0.717) is 5.69 Å². The molecule has 0 spiro atoms. The van der Waals surface area contributed by atoms with Gasteiger partial charge in [0.25, 0.3) is 0 Å². The molecular formula is C14H15N3O4. The second-order valence-corrected chi connectivity index (χ2v) is 4.36. The van der Waals surface area contributed by atoms with Gasteiger partial charge in [-0.25, -0.2) is 9.59 Å². The number of carbonyl (C=O) groups excluding carboxylic acids is 1. The first-order chi connectivity index (χ1) is 10.1. The molecule has 1 aromatic carbocycles. The van der Waals surface area contributed by atoms with E-state index in [1.807, 2.05) is 30.3 Å². The zero-order chi connectivity index (χ0) is 15.2. The van der Waals surface area contributed by atoms with Gasteiger partial charge < -0.3 is 15.2 Å². The quantitative estimate of drug-likeness (QED) is 0.871. The van der Waals surface area contributed by atoms with Gasteiger partial charge in [-0.05, 0) is 11.6 Å². The van der Waals surface area contributed by atoms with Crippen molar-refractivity contribution in [1.82, 2.24) is 15.1 Å². The summed E-state index contributed by atoms with van der Waals surface area (Å²) in [5.74, 6) is -1.07. The van der Waals surface area contributed by atoms with Gasteiger partial charge in [0.15, 0.2) is 0 Å². The zero-order valence-corrected chi connectivity index (χ0v) is 11.4. The fourth-order valence-corrected chi connectivity index (χ4v) is 1.75. The second kappa shape index (κ2) is 6.56. The van der Waals surface area contributed by atoms with Gasteiger partial charge in [-0.2, -0.15) is 5.10 Å². The van der Waals surface area contributed by atoms with Gasteiger partial charge in [0.1, 0.15) is 12.3 Å². The molecule has 7 heteroatoms. The summed E-state index contributed by atoms with van der Waals surface area (Å²) in [7, 11) is 1.53. The van der Waals surface area contributed by atoms with Crippen molar-refractivity contribution < 1.29 is 19.4 Å². The fraction of sp³-hybridized carbons (Fsp3) is 0.214. The maximum Gasteiger partial charge on any atom is 0.407 e. The fourth-order valence-electron chi connectivity index (χ4n) is 1.75. The Morgan fingerprint density at radius 2 is 2.05 bits per heavy atom. The van der Waals surface area contributed by atoms with Crippen LogP contribution in [0.2, 0.25) is 0 Å². The minimum Gasteiger partial charge on any atom is -0.477 e. The van der Waals surface area contributed by atoms with Crippen LogP contribution in [-0.2, 0) is 24.9 Å². The highest BCUT2D eigenvalue weighted by Gasteiger charge is 2.12. The largest absolute Gasteiger partial charge is 0.477 e. The van der Waals surface area contributed by atoms with Crippen LogP contribution in [0.4, 0.5) is 4.79 Å². The van der Waals surface area contributed by atoms with Gasteiger partial charge in [0.05, 0.1) is 12.2 Å². The first-order valence-electron chi connectivity index (χ1n) is 6.27. The molecule has 110 valence electrons. The second-order valence-electron chi connectivity index (χ2n) is 4.36. The van der Waals surface area contributed by atoms with Crippen molar-refractivity contribution in [1.29, 1.82) is 0 Å². The maximum absolute atomic E-state index is 11.5. The summed E-state index contributed by atoms with van der Waals surface area (Å²) in [5, 5.41) is 15.4. The molecule has 21 heavy (non-hydrogen) atoms. The third-order valence-corrected chi connectivity index (χ3v) is 2.78. The molecule has 0 bridgehead atoms.